The molecular formula is C13H12F2N4OS. The van der Waals surface area contributed by atoms with Gasteiger partial charge in [0.25, 0.3) is 0 Å². The summed E-state index contributed by atoms with van der Waals surface area (Å²) in [7, 11) is 0. The molecular weight excluding hydrogens is 298 g/mol. The van der Waals surface area contributed by atoms with Crippen LogP contribution in [0.25, 0.3) is 0 Å². The SMILES string of the molecule is O=C(NCCc1c(F)cccc1F)NSc1cnccn1. The second-order valence-corrected chi connectivity index (χ2v) is 4.78. The lowest BCUT2D eigenvalue weighted by molar-refractivity contribution is 0.246. The maximum Gasteiger partial charge on any atom is 0.325 e. The zero-order valence-electron chi connectivity index (χ0n) is 10.8. The summed E-state index contributed by atoms with van der Waals surface area (Å²) in [6, 6.07) is 3.19. The van der Waals surface area contributed by atoms with Crippen molar-refractivity contribution in [3.63, 3.8) is 0 Å². The number of carbonyl (C=O) groups excluding carboxylic acids is 1. The van der Waals surface area contributed by atoms with Crippen molar-refractivity contribution < 1.29 is 13.6 Å². The highest BCUT2D eigenvalue weighted by Gasteiger charge is 2.08. The van der Waals surface area contributed by atoms with Gasteiger partial charge in [0.1, 0.15) is 16.7 Å². The van der Waals surface area contributed by atoms with E-state index in [9.17, 15) is 13.6 Å². The van der Waals surface area contributed by atoms with Gasteiger partial charge in [-0.15, -0.1) is 0 Å². The van der Waals surface area contributed by atoms with E-state index in [0.29, 0.717) is 5.03 Å². The van der Waals surface area contributed by atoms with Crippen molar-refractivity contribution in [1.82, 2.24) is 20.0 Å². The molecule has 1 aromatic heterocycles. The van der Waals surface area contributed by atoms with Gasteiger partial charge in [-0.05, 0) is 18.6 Å². The molecule has 0 aliphatic carbocycles. The first kappa shape index (κ1) is 15.2. The number of benzene rings is 1. The number of carbonyl (C=O) groups is 1. The number of rotatable bonds is 5. The molecule has 2 N–H and O–H groups in total. The summed E-state index contributed by atoms with van der Waals surface area (Å²) < 4.78 is 29.2. The summed E-state index contributed by atoms with van der Waals surface area (Å²) in [5, 5.41) is 3.04. The summed E-state index contributed by atoms with van der Waals surface area (Å²) in [6.07, 6.45) is 4.59. The normalized spacial score (nSPS) is 10.2. The lowest BCUT2D eigenvalue weighted by Crippen LogP contribution is -2.33. The van der Waals surface area contributed by atoms with Crippen LogP contribution in [0, 0.1) is 11.6 Å². The number of nitrogens with one attached hydrogen (secondary N) is 2. The fraction of sp³-hybridized carbons (Fsp3) is 0.154. The fourth-order valence-corrected chi connectivity index (χ4v) is 2.04. The van der Waals surface area contributed by atoms with E-state index in [-0.39, 0.29) is 18.5 Å². The molecule has 0 fully saturated rings. The van der Waals surface area contributed by atoms with Crippen molar-refractivity contribution in [1.29, 1.82) is 0 Å². The van der Waals surface area contributed by atoms with Gasteiger partial charge in [0.15, 0.2) is 0 Å². The Morgan fingerprint density at radius 2 is 2.00 bits per heavy atom. The van der Waals surface area contributed by atoms with Gasteiger partial charge < -0.3 is 5.32 Å². The van der Waals surface area contributed by atoms with Crippen molar-refractivity contribution in [3.8, 4) is 0 Å². The molecule has 1 heterocycles. The topological polar surface area (TPSA) is 66.9 Å². The molecule has 0 bridgehead atoms. The maximum atomic E-state index is 13.4. The van der Waals surface area contributed by atoms with Gasteiger partial charge in [0.2, 0.25) is 0 Å². The fourth-order valence-electron chi connectivity index (χ4n) is 1.55. The zero-order chi connectivity index (χ0) is 15.1. The molecule has 1 aromatic carbocycles. The van der Waals surface area contributed by atoms with Crippen LogP contribution in [0.1, 0.15) is 5.56 Å². The molecule has 0 atom stereocenters. The predicted molar refractivity (Wildman–Crippen MR) is 74.5 cm³/mol. The van der Waals surface area contributed by atoms with E-state index in [1.807, 2.05) is 0 Å². The molecule has 0 saturated heterocycles. The molecule has 0 aliphatic heterocycles. The third-order valence-electron chi connectivity index (χ3n) is 2.51. The van der Waals surface area contributed by atoms with E-state index >= 15 is 0 Å². The van der Waals surface area contributed by atoms with Crippen LogP contribution in [-0.2, 0) is 6.42 Å². The Morgan fingerprint density at radius 1 is 1.24 bits per heavy atom. The Labute approximate surface area is 124 Å². The molecule has 2 amide bonds. The lowest BCUT2D eigenvalue weighted by atomic mass is 10.1. The first-order valence-corrected chi connectivity index (χ1v) is 6.88. The number of nitrogens with zero attached hydrogens (tertiary/aromatic N) is 2. The van der Waals surface area contributed by atoms with Crippen molar-refractivity contribution in [2.24, 2.45) is 0 Å². The minimum absolute atomic E-state index is 0.0422. The summed E-state index contributed by atoms with van der Waals surface area (Å²) in [6.45, 7) is 0.116. The van der Waals surface area contributed by atoms with Crippen LogP contribution in [-0.4, -0.2) is 22.5 Å². The smallest absolute Gasteiger partial charge is 0.325 e. The van der Waals surface area contributed by atoms with E-state index in [1.165, 1.54) is 36.8 Å². The number of amides is 2. The number of halogens is 2. The van der Waals surface area contributed by atoms with Gasteiger partial charge in [0.05, 0.1) is 6.20 Å². The second-order valence-electron chi connectivity index (χ2n) is 3.95. The Balaban J connectivity index is 1.75. The highest BCUT2D eigenvalue weighted by atomic mass is 32.2. The number of urea groups is 1. The second kappa shape index (κ2) is 7.53. The van der Waals surface area contributed by atoms with Crippen LogP contribution in [0.5, 0.6) is 0 Å². The van der Waals surface area contributed by atoms with Crippen molar-refractivity contribution in [2.75, 3.05) is 6.54 Å². The number of aromatic nitrogens is 2. The van der Waals surface area contributed by atoms with E-state index < -0.39 is 17.7 Å². The van der Waals surface area contributed by atoms with Gasteiger partial charge in [-0.2, -0.15) is 0 Å². The maximum absolute atomic E-state index is 13.4. The van der Waals surface area contributed by atoms with Crippen molar-refractivity contribution in [3.05, 3.63) is 54.0 Å². The largest absolute Gasteiger partial charge is 0.337 e. The average molecular weight is 310 g/mol. The quantitative estimate of drug-likeness (QED) is 0.832. The van der Waals surface area contributed by atoms with E-state index in [1.54, 1.807) is 0 Å². The Kier molecular flexibility index (Phi) is 5.44. The molecule has 0 radical (unpaired) electrons. The molecule has 21 heavy (non-hydrogen) atoms. The molecule has 0 saturated carbocycles. The predicted octanol–water partition coefficient (Wildman–Crippen LogP) is 2.30. The Morgan fingerprint density at radius 3 is 2.67 bits per heavy atom. The number of hydrogen-bond acceptors (Lipinski definition) is 4. The first-order chi connectivity index (χ1) is 10.2. The monoisotopic (exact) mass is 310 g/mol. The highest BCUT2D eigenvalue weighted by molar-refractivity contribution is 7.97. The van der Waals surface area contributed by atoms with Crippen molar-refractivity contribution >= 4 is 18.0 Å². The molecule has 0 unspecified atom stereocenters. The third-order valence-corrected chi connectivity index (χ3v) is 3.22. The first-order valence-electron chi connectivity index (χ1n) is 6.06. The molecule has 8 heteroatoms. The van der Waals surface area contributed by atoms with Gasteiger partial charge in [-0.3, -0.25) is 9.71 Å². The van der Waals surface area contributed by atoms with Gasteiger partial charge in [-0.25, -0.2) is 18.6 Å². The van der Waals surface area contributed by atoms with E-state index in [4.69, 9.17) is 0 Å². The number of hydrogen-bond donors (Lipinski definition) is 2. The van der Waals surface area contributed by atoms with Crippen LogP contribution >= 0.6 is 11.9 Å². The van der Waals surface area contributed by atoms with Crippen LogP contribution in [0.4, 0.5) is 13.6 Å². The van der Waals surface area contributed by atoms with E-state index in [2.05, 4.69) is 20.0 Å². The van der Waals surface area contributed by atoms with Crippen molar-refractivity contribution in [2.45, 2.75) is 11.4 Å². The van der Waals surface area contributed by atoms with Gasteiger partial charge >= 0.3 is 6.03 Å². The lowest BCUT2D eigenvalue weighted by Gasteiger charge is -2.07. The summed E-state index contributed by atoms with van der Waals surface area (Å²) >= 11 is 0.997. The van der Waals surface area contributed by atoms with E-state index in [0.717, 1.165) is 11.9 Å². The molecule has 2 rings (SSSR count). The molecule has 2 aromatic rings. The minimum Gasteiger partial charge on any atom is -0.337 e. The minimum atomic E-state index is -0.619. The third kappa shape index (κ3) is 4.67. The zero-order valence-corrected chi connectivity index (χ0v) is 11.7. The average Bonchev–Trinajstić information content (AvgIpc) is 2.49. The summed E-state index contributed by atoms with van der Waals surface area (Å²) in [5.74, 6) is -1.24. The standard InChI is InChI=1S/C13H12F2N4OS/c14-10-2-1-3-11(15)9(10)4-5-18-13(20)19-21-12-8-16-6-7-17-12/h1-3,6-8H,4-5H2,(H2,18,19,20). The molecule has 0 aliphatic rings. The van der Waals surface area contributed by atoms with Crippen LogP contribution in [0.2, 0.25) is 0 Å². The molecule has 0 spiro atoms. The van der Waals surface area contributed by atoms with Crippen LogP contribution < -0.4 is 10.0 Å². The van der Waals surface area contributed by atoms with Gasteiger partial charge in [0, 0.05) is 36.4 Å². The summed E-state index contributed by atoms with van der Waals surface area (Å²) in [4.78, 5) is 19.3. The Bertz CT molecular complexity index is 592. The Hall–Kier alpha value is -2.22. The van der Waals surface area contributed by atoms with Crippen LogP contribution in [0.15, 0.2) is 41.8 Å². The summed E-state index contributed by atoms with van der Waals surface area (Å²) in [5.41, 5.74) is -0.0422. The van der Waals surface area contributed by atoms with Gasteiger partial charge in [-0.1, -0.05) is 6.07 Å². The highest BCUT2D eigenvalue weighted by Crippen LogP contribution is 2.12. The molecule has 110 valence electrons. The van der Waals surface area contributed by atoms with Crippen LogP contribution in [0.3, 0.4) is 0 Å². The molecule has 5 nitrogen and oxygen atoms in total.